The van der Waals surface area contributed by atoms with E-state index in [1.165, 1.54) is 24.0 Å². The number of benzene rings is 1. The van der Waals surface area contributed by atoms with Crippen molar-refractivity contribution in [1.29, 1.82) is 0 Å². The SMILES string of the molecule is C=Cc1ccc(CCCC(C)[n+]2cc[nH]c2)cc1.[Cl-]. The molecule has 0 aliphatic heterocycles. The Kier molecular flexibility index (Phi) is 6.37. The highest BCUT2D eigenvalue weighted by molar-refractivity contribution is 5.47. The Bertz CT molecular complexity index is 474. The van der Waals surface area contributed by atoms with Crippen LogP contribution < -0.4 is 17.0 Å². The van der Waals surface area contributed by atoms with Crippen molar-refractivity contribution in [3.63, 3.8) is 0 Å². The number of halogens is 1. The molecule has 0 radical (unpaired) electrons. The molecule has 1 N–H and O–H groups in total. The molecule has 0 spiro atoms. The number of nitrogens with zero attached hydrogens (tertiary/aromatic N) is 1. The summed E-state index contributed by atoms with van der Waals surface area (Å²) in [5.74, 6) is 0. The molecule has 3 heteroatoms. The minimum Gasteiger partial charge on any atom is -1.00 e. The van der Waals surface area contributed by atoms with Crippen LogP contribution in [0.5, 0.6) is 0 Å². The normalized spacial score (nSPS) is 11.6. The summed E-state index contributed by atoms with van der Waals surface area (Å²) in [7, 11) is 0. The van der Waals surface area contributed by atoms with Gasteiger partial charge in [-0.1, -0.05) is 36.9 Å². The molecule has 0 fully saturated rings. The molecule has 1 unspecified atom stereocenters. The summed E-state index contributed by atoms with van der Waals surface area (Å²) in [4.78, 5) is 3.08. The molecule has 1 aromatic heterocycles. The first-order valence-corrected chi connectivity index (χ1v) is 6.54. The fraction of sp³-hybridized carbons (Fsp3) is 0.312. The number of aryl methyl sites for hydroxylation is 1. The van der Waals surface area contributed by atoms with E-state index in [9.17, 15) is 0 Å². The Morgan fingerprint density at radius 1 is 1.32 bits per heavy atom. The molecule has 102 valence electrons. The molecule has 2 aromatic rings. The van der Waals surface area contributed by atoms with E-state index in [0.717, 1.165) is 6.42 Å². The molecule has 0 amide bonds. The number of imidazole rings is 1. The van der Waals surface area contributed by atoms with E-state index < -0.39 is 0 Å². The average Bonchev–Trinajstić information content (AvgIpc) is 2.93. The largest absolute Gasteiger partial charge is 1.00 e. The minimum absolute atomic E-state index is 0. The first kappa shape index (κ1) is 15.5. The Balaban J connectivity index is 0.00000180. The predicted molar refractivity (Wildman–Crippen MR) is 75.2 cm³/mol. The molecule has 2 nitrogen and oxygen atoms in total. The monoisotopic (exact) mass is 276 g/mol. The highest BCUT2D eigenvalue weighted by Crippen LogP contribution is 2.12. The second-order valence-electron chi connectivity index (χ2n) is 4.75. The fourth-order valence-corrected chi connectivity index (χ4v) is 2.15. The number of hydrogen-bond acceptors (Lipinski definition) is 0. The van der Waals surface area contributed by atoms with Gasteiger partial charge in [-0.2, -0.15) is 0 Å². The lowest BCUT2D eigenvalue weighted by molar-refractivity contribution is -0.719. The number of aromatic nitrogens is 2. The topological polar surface area (TPSA) is 19.7 Å². The quantitative estimate of drug-likeness (QED) is 0.743. The average molecular weight is 277 g/mol. The van der Waals surface area contributed by atoms with Crippen molar-refractivity contribution in [2.24, 2.45) is 0 Å². The molecule has 0 saturated heterocycles. The van der Waals surface area contributed by atoms with Crippen molar-refractivity contribution in [2.75, 3.05) is 0 Å². The summed E-state index contributed by atoms with van der Waals surface area (Å²) in [5.41, 5.74) is 2.60. The van der Waals surface area contributed by atoms with Gasteiger partial charge in [0.1, 0.15) is 12.4 Å². The van der Waals surface area contributed by atoms with Crippen LogP contribution in [0.4, 0.5) is 0 Å². The maximum atomic E-state index is 3.77. The molecule has 0 bridgehead atoms. The maximum Gasteiger partial charge on any atom is 0.241 e. The van der Waals surface area contributed by atoms with Gasteiger partial charge >= 0.3 is 0 Å². The third kappa shape index (κ3) is 4.56. The summed E-state index contributed by atoms with van der Waals surface area (Å²) in [6, 6.07) is 9.22. The lowest BCUT2D eigenvalue weighted by Gasteiger charge is -2.07. The summed E-state index contributed by atoms with van der Waals surface area (Å²) in [6.45, 7) is 6.03. The molecular formula is C16H21ClN2. The van der Waals surface area contributed by atoms with E-state index in [1.807, 2.05) is 18.6 Å². The summed E-state index contributed by atoms with van der Waals surface area (Å²) >= 11 is 0. The van der Waals surface area contributed by atoms with E-state index in [1.54, 1.807) is 0 Å². The third-order valence-electron chi connectivity index (χ3n) is 3.38. The molecular weight excluding hydrogens is 256 g/mol. The molecule has 2 rings (SSSR count). The second-order valence-corrected chi connectivity index (χ2v) is 4.75. The zero-order valence-electron chi connectivity index (χ0n) is 11.3. The molecule has 0 saturated carbocycles. The van der Waals surface area contributed by atoms with Crippen molar-refractivity contribution in [3.05, 3.63) is 60.7 Å². The highest BCUT2D eigenvalue weighted by atomic mass is 35.5. The Labute approximate surface area is 121 Å². The summed E-state index contributed by atoms with van der Waals surface area (Å²) in [5, 5.41) is 0. The van der Waals surface area contributed by atoms with E-state index in [0.29, 0.717) is 6.04 Å². The van der Waals surface area contributed by atoms with Crippen LogP contribution in [0.25, 0.3) is 6.08 Å². The van der Waals surface area contributed by atoms with Gasteiger partial charge in [0.2, 0.25) is 6.33 Å². The number of rotatable bonds is 6. The van der Waals surface area contributed by atoms with Crippen LogP contribution in [0.3, 0.4) is 0 Å². The lowest BCUT2D eigenvalue weighted by atomic mass is 10.0. The van der Waals surface area contributed by atoms with E-state index >= 15 is 0 Å². The van der Waals surface area contributed by atoms with Gasteiger partial charge in [-0.15, -0.1) is 0 Å². The van der Waals surface area contributed by atoms with Crippen LogP contribution in [-0.4, -0.2) is 4.98 Å². The van der Waals surface area contributed by atoms with Crippen LogP contribution >= 0.6 is 0 Å². The zero-order chi connectivity index (χ0) is 12.8. The smallest absolute Gasteiger partial charge is 0.241 e. The van der Waals surface area contributed by atoms with Crippen LogP contribution in [0.15, 0.2) is 49.6 Å². The van der Waals surface area contributed by atoms with Crippen molar-refractivity contribution in [1.82, 2.24) is 4.98 Å². The number of nitrogens with one attached hydrogen (secondary N) is 1. The maximum absolute atomic E-state index is 3.77. The fourth-order valence-electron chi connectivity index (χ4n) is 2.15. The molecule has 1 heterocycles. The summed E-state index contributed by atoms with van der Waals surface area (Å²) in [6.07, 6.45) is 11.5. The van der Waals surface area contributed by atoms with Crippen LogP contribution in [0.1, 0.15) is 36.9 Å². The van der Waals surface area contributed by atoms with Crippen LogP contribution in [0, 0.1) is 0 Å². The minimum atomic E-state index is 0. The Hall–Kier alpha value is -1.54. The number of aromatic amines is 1. The van der Waals surface area contributed by atoms with Crippen molar-refractivity contribution in [3.8, 4) is 0 Å². The summed E-state index contributed by atoms with van der Waals surface area (Å²) < 4.78 is 2.22. The Morgan fingerprint density at radius 2 is 2.05 bits per heavy atom. The van der Waals surface area contributed by atoms with Gasteiger partial charge in [-0.3, -0.25) is 4.98 Å². The molecule has 0 aliphatic rings. The van der Waals surface area contributed by atoms with Gasteiger partial charge in [0.25, 0.3) is 0 Å². The second kappa shape index (κ2) is 7.80. The first-order chi connectivity index (χ1) is 8.79. The van der Waals surface area contributed by atoms with Crippen molar-refractivity contribution < 1.29 is 17.0 Å². The molecule has 0 aliphatic carbocycles. The lowest BCUT2D eigenvalue weighted by Crippen LogP contribution is -3.00. The van der Waals surface area contributed by atoms with E-state index in [4.69, 9.17) is 0 Å². The first-order valence-electron chi connectivity index (χ1n) is 6.54. The van der Waals surface area contributed by atoms with Crippen molar-refractivity contribution >= 4 is 6.08 Å². The number of H-pyrrole nitrogens is 1. The van der Waals surface area contributed by atoms with Crippen LogP contribution in [-0.2, 0) is 6.42 Å². The highest BCUT2D eigenvalue weighted by Gasteiger charge is 2.08. The number of hydrogen-bond donors (Lipinski definition) is 1. The van der Waals surface area contributed by atoms with E-state index in [-0.39, 0.29) is 12.4 Å². The van der Waals surface area contributed by atoms with Gasteiger partial charge in [-0.25, -0.2) is 4.57 Å². The molecule has 1 atom stereocenters. The standard InChI is InChI=1S/C16H20N2.ClH/c1-3-15-7-9-16(10-8-15)6-4-5-14(2)18-12-11-17-13-18;/h3,7-14H,1,4-6H2,2H3;1H. The van der Waals surface area contributed by atoms with E-state index in [2.05, 4.69) is 53.5 Å². The van der Waals surface area contributed by atoms with Crippen LogP contribution in [0.2, 0.25) is 0 Å². The third-order valence-corrected chi connectivity index (χ3v) is 3.38. The van der Waals surface area contributed by atoms with Gasteiger partial charge in [0.15, 0.2) is 0 Å². The van der Waals surface area contributed by atoms with Gasteiger partial charge in [0.05, 0.1) is 6.04 Å². The van der Waals surface area contributed by atoms with Gasteiger partial charge in [0, 0.05) is 0 Å². The molecule has 19 heavy (non-hydrogen) atoms. The van der Waals surface area contributed by atoms with Gasteiger partial charge < -0.3 is 12.4 Å². The zero-order valence-corrected chi connectivity index (χ0v) is 12.1. The Morgan fingerprint density at radius 3 is 2.63 bits per heavy atom. The molecule has 1 aromatic carbocycles. The van der Waals surface area contributed by atoms with Gasteiger partial charge in [-0.05, 0) is 37.3 Å². The van der Waals surface area contributed by atoms with Crippen molar-refractivity contribution in [2.45, 2.75) is 32.2 Å². The predicted octanol–water partition coefficient (Wildman–Crippen LogP) is 0.533.